The van der Waals surface area contributed by atoms with Crippen LogP contribution in [0, 0.1) is 0 Å². The third-order valence-electron chi connectivity index (χ3n) is 1.76. The lowest BCUT2D eigenvalue weighted by atomic mass is 10.1. The first-order valence-electron chi connectivity index (χ1n) is 3.72. The molecule has 0 atom stereocenters. The molecule has 0 aliphatic rings. The summed E-state index contributed by atoms with van der Waals surface area (Å²) in [6.45, 7) is -0.153. The lowest BCUT2D eigenvalue weighted by Gasteiger charge is -2.14. The topological polar surface area (TPSA) is 26.0 Å². The van der Waals surface area contributed by atoms with Crippen molar-refractivity contribution in [2.75, 3.05) is 0 Å². The van der Waals surface area contributed by atoms with Crippen LogP contribution >= 0.6 is 39.1 Å². The Morgan fingerprint density at radius 2 is 1.80 bits per heavy atom. The molecule has 2 N–H and O–H groups in total. The van der Waals surface area contributed by atoms with E-state index in [-0.39, 0.29) is 21.6 Å². The summed E-state index contributed by atoms with van der Waals surface area (Å²) in [6.07, 6.45) is -4.52. The van der Waals surface area contributed by atoms with Crippen molar-refractivity contribution in [1.82, 2.24) is 0 Å². The summed E-state index contributed by atoms with van der Waals surface area (Å²) in [6, 6.07) is 0.837. The van der Waals surface area contributed by atoms with Crippen molar-refractivity contribution in [3.8, 4) is 0 Å². The van der Waals surface area contributed by atoms with E-state index in [1.165, 1.54) is 0 Å². The molecule has 15 heavy (non-hydrogen) atoms. The average molecular weight is 323 g/mol. The molecule has 0 fully saturated rings. The summed E-state index contributed by atoms with van der Waals surface area (Å²) in [5.41, 5.74) is 4.42. The van der Waals surface area contributed by atoms with E-state index in [0.29, 0.717) is 0 Å². The Balaban J connectivity index is 3.51. The minimum absolute atomic E-state index is 0.0834. The molecular formula is C8H5BrCl2F3N. The second-order valence-electron chi connectivity index (χ2n) is 2.71. The van der Waals surface area contributed by atoms with Crippen LogP contribution < -0.4 is 5.73 Å². The molecule has 0 radical (unpaired) electrons. The quantitative estimate of drug-likeness (QED) is 0.769. The molecule has 7 heteroatoms. The van der Waals surface area contributed by atoms with Gasteiger partial charge in [0.1, 0.15) is 0 Å². The second kappa shape index (κ2) is 4.49. The standard InChI is InChI=1S/C8H5BrCl2F3N/c9-5-1-4(8(12,13)14)6(10)3(2-15)7(5)11/h1H,2,15H2. The maximum atomic E-state index is 12.5. The van der Waals surface area contributed by atoms with Crippen LogP contribution in [-0.4, -0.2) is 0 Å². The van der Waals surface area contributed by atoms with Gasteiger partial charge >= 0.3 is 6.18 Å². The number of alkyl halides is 3. The largest absolute Gasteiger partial charge is 0.417 e. The van der Waals surface area contributed by atoms with Crippen molar-refractivity contribution in [3.63, 3.8) is 0 Å². The molecular weight excluding hydrogens is 318 g/mol. The van der Waals surface area contributed by atoms with E-state index in [1.807, 2.05) is 0 Å². The summed E-state index contributed by atoms with van der Waals surface area (Å²) < 4.78 is 37.6. The van der Waals surface area contributed by atoms with E-state index < -0.39 is 16.8 Å². The van der Waals surface area contributed by atoms with E-state index in [9.17, 15) is 13.2 Å². The molecule has 0 spiro atoms. The fourth-order valence-corrected chi connectivity index (χ4v) is 2.12. The zero-order chi connectivity index (χ0) is 11.8. The Morgan fingerprint density at radius 3 is 2.20 bits per heavy atom. The van der Waals surface area contributed by atoms with Gasteiger partial charge in [-0.2, -0.15) is 13.2 Å². The van der Waals surface area contributed by atoms with Crippen LogP contribution in [0.1, 0.15) is 11.1 Å². The summed E-state index contributed by atoms with van der Waals surface area (Å²) in [5.74, 6) is 0. The first-order valence-corrected chi connectivity index (χ1v) is 5.27. The van der Waals surface area contributed by atoms with Gasteiger partial charge in [0.25, 0.3) is 0 Å². The second-order valence-corrected chi connectivity index (χ2v) is 4.32. The van der Waals surface area contributed by atoms with Crippen LogP contribution in [-0.2, 0) is 12.7 Å². The van der Waals surface area contributed by atoms with Gasteiger partial charge in [0.15, 0.2) is 0 Å². The van der Waals surface area contributed by atoms with Crippen LogP contribution in [0.15, 0.2) is 10.5 Å². The molecule has 0 unspecified atom stereocenters. The van der Waals surface area contributed by atoms with Gasteiger partial charge in [-0.3, -0.25) is 0 Å². The number of nitrogens with two attached hydrogens (primary N) is 1. The van der Waals surface area contributed by atoms with Crippen molar-refractivity contribution in [3.05, 3.63) is 31.7 Å². The number of halogens is 6. The van der Waals surface area contributed by atoms with Gasteiger partial charge < -0.3 is 5.73 Å². The highest BCUT2D eigenvalue weighted by atomic mass is 79.9. The Bertz CT molecular complexity index is 392. The van der Waals surface area contributed by atoms with Crippen LogP contribution in [0.25, 0.3) is 0 Å². The van der Waals surface area contributed by atoms with Crippen LogP contribution in [0.2, 0.25) is 10.0 Å². The maximum absolute atomic E-state index is 12.5. The molecule has 0 heterocycles. The first kappa shape index (κ1) is 13.1. The van der Waals surface area contributed by atoms with E-state index in [1.54, 1.807) is 0 Å². The maximum Gasteiger partial charge on any atom is 0.417 e. The molecule has 84 valence electrons. The molecule has 1 nitrogen and oxygen atoms in total. The Hall–Kier alpha value is 0.0300. The smallest absolute Gasteiger partial charge is 0.326 e. The lowest BCUT2D eigenvalue weighted by Crippen LogP contribution is -2.09. The van der Waals surface area contributed by atoms with Crippen LogP contribution in [0.5, 0.6) is 0 Å². The third kappa shape index (κ3) is 2.58. The summed E-state index contributed by atoms with van der Waals surface area (Å²) in [5, 5.41) is -0.339. The minimum atomic E-state index is -4.52. The zero-order valence-electron chi connectivity index (χ0n) is 7.13. The van der Waals surface area contributed by atoms with Gasteiger partial charge in [-0.15, -0.1) is 0 Å². The number of hydrogen-bond donors (Lipinski definition) is 1. The normalized spacial score (nSPS) is 11.9. The number of rotatable bonds is 1. The van der Waals surface area contributed by atoms with E-state index in [4.69, 9.17) is 28.9 Å². The molecule has 0 aromatic heterocycles. The number of benzene rings is 1. The van der Waals surface area contributed by atoms with E-state index >= 15 is 0 Å². The predicted molar refractivity (Wildman–Crippen MR) is 57.1 cm³/mol. The SMILES string of the molecule is NCc1c(Cl)c(Br)cc(C(F)(F)F)c1Cl. The highest BCUT2D eigenvalue weighted by Crippen LogP contribution is 2.41. The Kier molecular flexibility index (Phi) is 3.92. The molecule has 0 bridgehead atoms. The van der Waals surface area contributed by atoms with Crippen LogP contribution in [0.3, 0.4) is 0 Å². The Labute approximate surface area is 102 Å². The molecule has 0 saturated carbocycles. The van der Waals surface area contributed by atoms with E-state index in [2.05, 4.69) is 15.9 Å². The predicted octanol–water partition coefficient (Wildman–Crippen LogP) is 4.23. The fourth-order valence-electron chi connectivity index (χ4n) is 1.04. The highest BCUT2D eigenvalue weighted by molar-refractivity contribution is 9.10. The summed E-state index contributed by atoms with van der Waals surface area (Å²) >= 11 is 14.2. The lowest BCUT2D eigenvalue weighted by molar-refractivity contribution is -0.137. The monoisotopic (exact) mass is 321 g/mol. The van der Waals surface area contributed by atoms with Gasteiger partial charge in [0.2, 0.25) is 0 Å². The van der Waals surface area contributed by atoms with Crippen molar-refractivity contribution in [2.45, 2.75) is 12.7 Å². The first-order chi connectivity index (χ1) is 6.79. The molecule has 1 aromatic rings. The number of hydrogen-bond acceptors (Lipinski definition) is 1. The van der Waals surface area contributed by atoms with Gasteiger partial charge in [0, 0.05) is 16.6 Å². The van der Waals surface area contributed by atoms with Gasteiger partial charge in [0.05, 0.1) is 15.6 Å². The third-order valence-corrected chi connectivity index (χ3v) is 3.47. The van der Waals surface area contributed by atoms with Gasteiger partial charge in [-0.25, -0.2) is 0 Å². The van der Waals surface area contributed by atoms with Crippen molar-refractivity contribution < 1.29 is 13.2 Å². The zero-order valence-corrected chi connectivity index (χ0v) is 10.2. The fraction of sp³-hybridized carbons (Fsp3) is 0.250. The van der Waals surface area contributed by atoms with E-state index in [0.717, 1.165) is 6.07 Å². The Morgan fingerprint density at radius 1 is 1.27 bits per heavy atom. The minimum Gasteiger partial charge on any atom is -0.326 e. The molecule has 0 amide bonds. The molecule has 0 aliphatic carbocycles. The van der Waals surface area contributed by atoms with Crippen LogP contribution in [0.4, 0.5) is 13.2 Å². The molecule has 1 rings (SSSR count). The van der Waals surface area contributed by atoms with Crippen molar-refractivity contribution in [1.29, 1.82) is 0 Å². The molecule has 0 saturated heterocycles. The molecule has 0 aliphatic heterocycles. The van der Waals surface area contributed by atoms with Crippen molar-refractivity contribution in [2.24, 2.45) is 5.73 Å². The van der Waals surface area contributed by atoms with Gasteiger partial charge in [-0.1, -0.05) is 23.2 Å². The highest BCUT2D eigenvalue weighted by Gasteiger charge is 2.35. The van der Waals surface area contributed by atoms with Gasteiger partial charge in [-0.05, 0) is 22.0 Å². The summed E-state index contributed by atoms with van der Waals surface area (Å²) in [7, 11) is 0. The van der Waals surface area contributed by atoms with Crippen molar-refractivity contribution >= 4 is 39.1 Å². The molecule has 1 aromatic carbocycles. The summed E-state index contributed by atoms with van der Waals surface area (Å²) in [4.78, 5) is 0. The average Bonchev–Trinajstić information content (AvgIpc) is 2.10.